The molecule has 124 valence electrons. The summed E-state index contributed by atoms with van der Waals surface area (Å²) in [5.41, 5.74) is 3.23. The molecule has 2 aromatic heterocycles. The van der Waals surface area contributed by atoms with E-state index in [1.54, 1.807) is 4.68 Å². The Morgan fingerprint density at radius 2 is 2.13 bits per heavy atom. The Morgan fingerprint density at radius 1 is 1.43 bits per heavy atom. The maximum atomic E-state index is 12.1. The van der Waals surface area contributed by atoms with Gasteiger partial charge < -0.3 is 15.4 Å². The first-order valence-corrected chi connectivity index (χ1v) is 8.38. The van der Waals surface area contributed by atoms with Crippen molar-refractivity contribution in [2.75, 3.05) is 17.7 Å². The van der Waals surface area contributed by atoms with Crippen molar-refractivity contribution in [1.29, 1.82) is 0 Å². The van der Waals surface area contributed by atoms with Crippen molar-refractivity contribution in [3.05, 3.63) is 27.9 Å². The summed E-state index contributed by atoms with van der Waals surface area (Å²) in [6.07, 6.45) is 2.61. The second-order valence-electron chi connectivity index (χ2n) is 5.07. The number of carbonyl (C=O) groups is 1. The number of hydrogen-bond acceptors (Lipinski definition) is 5. The number of carbonyl (C=O) groups excluding carboxylic acids is 1. The lowest BCUT2D eigenvalue weighted by atomic mass is 10.1. The maximum absolute atomic E-state index is 12.1. The number of nitrogens with one attached hydrogen (secondary N) is 2. The van der Waals surface area contributed by atoms with Gasteiger partial charge in [0, 0.05) is 18.1 Å². The van der Waals surface area contributed by atoms with Gasteiger partial charge in [0.1, 0.15) is 5.00 Å². The Labute approximate surface area is 144 Å². The molecule has 6 nitrogen and oxygen atoms in total. The van der Waals surface area contributed by atoms with Gasteiger partial charge in [-0.15, -0.1) is 11.3 Å². The fourth-order valence-corrected chi connectivity index (χ4v) is 3.80. The minimum absolute atomic E-state index is 0.353. The SMILES string of the molecule is CCc1c(C)sc(NC(=S)Nc2cn(C)nc2C)c1C(=O)OC. The van der Waals surface area contributed by atoms with Crippen LogP contribution in [-0.2, 0) is 18.2 Å². The minimum Gasteiger partial charge on any atom is -0.465 e. The summed E-state index contributed by atoms with van der Waals surface area (Å²) in [4.78, 5) is 13.2. The molecule has 0 saturated carbocycles. The highest BCUT2D eigenvalue weighted by Crippen LogP contribution is 2.34. The zero-order valence-electron chi connectivity index (χ0n) is 13.8. The number of ether oxygens (including phenoxy) is 1. The van der Waals surface area contributed by atoms with Gasteiger partial charge in [-0.3, -0.25) is 4.68 Å². The number of hydrogen-bond donors (Lipinski definition) is 2. The van der Waals surface area contributed by atoms with E-state index in [0.717, 1.165) is 28.2 Å². The predicted molar refractivity (Wildman–Crippen MR) is 97.6 cm³/mol. The molecule has 0 aliphatic carbocycles. The molecule has 0 amide bonds. The van der Waals surface area contributed by atoms with Gasteiger partial charge in [0.05, 0.1) is 24.1 Å². The second-order valence-corrected chi connectivity index (χ2v) is 6.70. The highest BCUT2D eigenvalue weighted by Gasteiger charge is 2.22. The van der Waals surface area contributed by atoms with E-state index in [1.165, 1.54) is 18.4 Å². The van der Waals surface area contributed by atoms with E-state index in [0.29, 0.717) is 15.7 Å². The molecule has 2 N–H and O–H groups in total. The van der Waals surface area contributed by atoms with Crippen LogP contribution in [0.15, 0.2) is 6.20 Å². The van der Waals surface area contributed by atoms with Gasteiger partial charge in [-0.2, -0.15) is 5.10 Å². The van der Waals surface area contributed by atoms with Crippen molar-refractivity contribution in [3.8, 4) is 0 Å². The third-order valence-corrected chi connectivity index (χ3v) is 4.71. The molecule has 0 unspecified atom stereocenters. The normalized spacial score (nSPS) is 10.5. The summed E-state index contributed by atoms with van der Waals surface area (Å²) < 4.78 is 6.62. The summed E-state index contributed by atoms with van der Waals surface area (Å²) >= 11 is 6.85. The summed E-state index contributed by atoms with van der Waals surface area (Å²) in [5.74, 6) is -0.353. The standard InChI is InChI=1S/C15H20N4O2S2/c1-6-10-9(3)23-13(12(10)14(20)21-5)17-15(22)16-11-7-19(4)18-8(11)2/h7H,6H2,1-5H3,(H2,16,17,22). The third-order valence-electron chi connectivity index (χ3n) is 3.44. The third kappa shape index (κ3) is 3.70. The van der Waals surface area contributed by atoms with Crippen LogP contribution in [0, 0.1) is 13.8 Å². The van der Waals surface area contributed by atoms with Crippen molar-refractivity contribution >= 4 is 45.3 Å². The molecule has 0 fully saturated rings. The molecule has 0 radical (unpaired) electrons. The molecule has 2 aromatic rings. The molecule has 0 atom stereocenters. The maximum Gasteiger partial charge on any atom is 0.341 e. The van der Waals surface area contributed by atoms with Crippen LogP contribution in [0.4, 0.5) is 10.7 Å². The van der Waals surface area contributed by atoms with Crippen LogP contribution < -0.4 is 10.6 Å². The van der Waals surface area contributed by atoms with Crippen LogP contribution in [0.25, 0.3) is 0 Å². The first-order valence-electron chi connectivity index (χ1n) is 7.16. The lowest BCUT2D eigenvalue weighted by molar-refractivity contribution is 0.0601. The fourth-order valence-electron chi connectivity index (χ4n) is 2.39. The molecule has 0 spiro atoms. The minimum atomic E-state index is -0.353. The lowest BCUT2D eigenvalue weighted by Gasteiger charge is -2.10. The Balaban J connectivity index is 2.24. The van der Waals surface area contributed by atoms with Crippen LogP contribution in [0.3, 0.4) is 0 Å². The fraction of sp³-hybridized carbons (Fsp3) is 0.400. The number of methoxy groups -OCH3 is 1. The highest BCUT2D eigenvalue weighted by molar-refractivity contribution is 7.80. The molecule has 2 rings (SSSR count). The quantitative estimate of drug-likeness (QED) is 0.650. The van der Waals surface area contributed by atoms with Crippen LogP contribution in [-0.4, -0.2) is 28.0 Å². The number of thiophene rings is 1. The monoisotopic (exact) mass is 352 g/mol. The van der Waals surface area contributed by atoms with Gasteiger partial charge in [-0.1, -0.05) is 6.92 Å². The molecular weight excluding hydrogens is 332 g/mol. The number of rotatable bonds is 4. The topological polar surface area (TPSA) is 68.2 Å². The molecule has 0 aliphatic heterocycles. The van der Waals surface area contributed by atoms with E-state index in [9.17, 15) is 4.79 Å². The smallest absolute Gasteiger partial charge is 0.341 e. The van der Waals surface area contributed by atoms with Crippen LogP contribution in [0.2, 0.25) is 0 Å². The van der Waals surface area contributed by atoms with E-state index in [2.05, 4.69) is 15.7 Å². The van der Waals surface area contributed by atoms with Gasteiger partial charge in [0.15, 0.2) is 5.11 Å². The van der Waals surface area contributed by atoms with Crippen molar-refractivity contribution in [3.63, 3.8) is 0 Å². The van der Waals surface area contributed by atoms with Crippen LogP contribution in [0.1, 0.15) is 33.4 Å². The lowest BCUT2D eigenvalue weighted by Crippen LogP contribution is -2.20. The Morgan fingerprint density at radius 3 is 2.65 bits per heavy atom. The van der Waals surface area contributed by atoms with E-state index in [1.807, 2.05) is 34.0 Å². The summed E-state index contributed by atoms with van der Waals surface area (Å²) in [6, 6.07) is 0. The molecule has 0 aromatic carbocycles. The predicted octanol–water partition coefficient (Wildman–Crippen LogP) is 3.26. The first kappa shape index (κ1) is 17.4. The average molecular weight is 352 g/mol. The Kier molecular flexibility index (Phi) is 5.38. The number of anilines is 2. The number of nitrogens with zero attached hydrogens (tertiary/aromatic N) is 2. The molecule has 8 heteroatoms. The summed E-state index contributed by atoms with van der Waals surface area (Å²) in [7, 11) is 3.23. The zero-order valence-corrected chi connectivity index (χ0v) is 15.4. The van der Waals surface area contributed by atoms with Crippen LogP contribution in [0.5, 0.6) is 0 Å². The van der Waals surface area contributed by atoms with Crippen molar-refractivity contribution in [2.24, 2.45) is 7.05 Å². The highest BCUT2D eigenvalue weighted by atomic mass is 32.1. The Bertz CT molecular complexity index is 749. The van der Waals surface area contributed by atoms with Crippen molar-refractivity contribution in [1.82, 2.24) is 9.78 Å². The molecule has 0 saturated heterocycles. The molecule has 0 aliphatic rings. The molecule has 0 bridgehead atoms. The summed E-state index contributed by atoms with van der Waals surface area (Å²) in [5, 5.41) is 11.6. The number of esters is 1. The zero-order chi connectivity index (χ0) is 17.1. The number of aromatic nitrogens is 2. The van der Waals surface area contributed by atoms with E-state index in [4.69, 9.17) is 17.0 Å². The molecular formula is C15H20N4O2S2. The van der Waals surface area contributed by atoms with E-state index >= 15 is 0 Å². The van der Waals surface area contributed by atoms with Gasteiger partial charge in [-0.05, 0) is 38.0 Å². The van der Waals surface area contributed by atoms with Gasteiger partial charge in [0.25, 0.3) is 0 Å². The average Bonchev–Trinajstić information content (AvgIpc) is 2.96. The summed E-state index contributed by atoms with van der Waals surface area (Å²) in [6.45, 7) is 5.90. The van der Waals surface area contributed by atoms with E-state index in [-0.39, 0.29) is 5.97 Å². The van der Waals surface area contributed by atoms with E-state index < -0.39 is 0 Å². The second kappa shape index (κ2) is 7.10. The number of aryl methyl sites for hydroxylation is 3. The number of thiocarbonyl (C=S) groups is 1. The molecule has 2 heterocycles. The Hall–Kier alpha value is -1.93. The van der Waals surface area contributed by atoms with Crippen molar-refractivity contribution in [2.45, 2.75) is 27.2 Å². The first-order chi connectivity index (χ1) is 10.9. The van der Waals surface area contributed by atoms with Crippen molar-refractivity contribution < 1.29 is 9.53 Å². The van der Waals surface area contributed by atoms with Gasteiger partial charge in [0.2, 0.25) is 0 Å². The van der Waals surface area contributed by atoms with Gasteiger partial charge in [-0.25, -0.2) is 4.79 Å². The van der Waals surface area contributed by atoms with Gasteiger partial charge >= 0.3 is 5.97 Å². The largest absolute Gasteiger partial charge is 0.465 e. The molecule has 23 heavy (non-hydrogen) atoms. The van der Waals surface area contributed by atoms with Crippen LogP contribution >= 0.6 is 23.6 Å².